The summed E-state index contributed by atoms with van der Waals surface area (Å²) in [6.07, 6.45) is 0. The van der Waals surface area contributed by atoms with E-state index in [0.717, 1.165) is 0 Å². The summed E-state index contributed by atoms with van der Waals surface area (Å²) in [5.41, 5.74) is 0.440. The maximum Gasteiger partial charge on any atom is 0.325 e. The molecule has 0 amide bonds. The van der Waals surface area contributed by atoms with Gasteiger partial charge in [-0.2, -0.15) is 0 Å². The standard InChI is InChI=1S/C9H11NO4.CH4/c1-5(9(13)14)10-6-2-3-7(11)8(12)4-6;/h2-5,10-12H,1H3,(H,13,14);1H4. The van der Waals surface area contributed by atoms with Gasteiger partial charge in [0.1, 0.15) is 6.04 Å². The molecule has 0 fully saturated rings. The molecule has 4 N–H and O–H groups in total. The van der Waals surface area contributed by atoms with Gasteiger partial charge in [-0.15, -0.1) is 0 Å². The number of nitrogens with one attached hydrogen (secondary N) is 1. The largest absolute Gasteiger partial charge is 0.504 e. The lowest BCUT2D eigenvalue weighted by atomic mass is 10.2. The number of aliphatic carboxylic acids is 1. The fraction of sp³-hybridized carbons (Fsp3) is 0.300. The van der Waals surface area contributed by atoms with E-state index in [1.165, 1.54) is 25.1 Å². The fourth-order valence-electron chi connectivity index (χ4n) is 0.925. The highest BCUT2D eigenvalue weighted by Crippen LogP contribution is 2.27. The van der Waals surface area contributed by atoms with Crippen LogP contribution in [0.25, 0.3) is 0 Å². The zero-order valence-electron chi connectivity index (χ0n) is 7.56. The Morgan fingerprint density at radius 2 is 1.93 bits per heavy atom. The lowest BCUT2D eigenvalue weighted by Crippen LogP contribution is -2.25. The van der Waals surface area contributed by atoms with E-state index in [0.29, 0.717) is 5.69 Å². The van der Waals surface area contributed by atoms with Crippen LogP contribution >= 0.6 is 0 Å². The molecule has 0 spiro atoms. The van der Waals surface area contributed by atoms with Gasteiger partial charge >= 0.3 is 5.97 Å². The second kappa shape index (κ2) is 5.09. The van der Waals surface area contributed by atoms with Gasteiger partial charge in [-0.3, -0.25) is 4.79 Å². The van der Waals surface area contributed by atoms with Crippen LogP contribution in [0.4, 0.5) is 5.69 Å². The summed E-state index contributed by atoms with van der Waals surface area (Å²) in [5.74, 6) is -1.51. The minimum atomic E-state index is -0.988. The van der Waals surface area contributed by atoms with Crippen molar-refractivity contribution >= 4 is 11.7 Å². The second-order valence-corrected chi connectivity index (χ2v) is 2.91. The van der Waals surface area contributed by atoms with Gasteiger partial charge in [0.2, 0.25) is 0 Å². The molecule has 1 aromatic rings. The van der Waals surface area contributed by atoms with Crippen LogP contribution in [0.3, 0.4) is 0 Å². The third-order valence-corrected chi connectivity index (χ3v) is 1.73. The summed E-state index contributed by atoms with van der Waals surface area (Å²) in [7, 11) is 0. The number of phenols is 2. The lowest BCUT2D eigenvalue weighted by molar-refractivity contribution is -0.137. The number of benzene rings is 1. The van der Waals surface area contributed by atoms with Gasteiger partial charge in [0.05, 0.1) is 0 Å². The third kappa shape index (κ3) is 3.38. The summed E-state index contributed by atoms with van der Waals surface area (Å²) in [4.78, 5) is 10.5. The van der Waals surface area contributed by atoms with Gasteiger partial charge in [0, 0.05) is 11.8 Å². The Kier molecular flexibility index (Phi) is 4.44. The van der Waals surface area contributed by atoms with E-state index in [-0.39, 0.29) is 18.9 Å². The molecule has 0 saturated carbocycles. The predicted octanol–water partition coefficient (Wildman–Crippen LogP) is 1.62. The monoisotopic (exact) mass is 213 g/mol. The number of hydrogen-bond donors (Lipinski definition) is 4. The number of phenolic OH excluding ortho intramolecular Hbond substituents is 2. The zero-order chi connectivity index (χ0) is 10.7. The highest BCUT2D eigenvalue weighted by molar-refractivity contribution is 5.77. The number of carbonyl (C=O) groups is 1. The van der Waals surface area contributed by atoms with Crippen LogP contribution in [-0.4, -0.2) is 27.3 Å². The van der Waals surface area contributed by atoms with Crippen molar-refractivity contribution in [1.29, 1.82) is 0 Å². The second-order valence-electron chi connectivity index (χ2n) is 2.91. The molecule has 0 heterocycles. The molecule has 1 unspecified atom stereocenters. The van der Waals surface area contributed by atoms with E-state index < -0.39 is 12.0 Å². The Balaban J connectivity index is 0.00000196. The minimum absolute atomic E-state index is 0. The van der Waals surface area contributed by atoms with Crippen molar-refractivity contribution in [2.75, 3.05) is 5.32 Å². The Hall–Kier alpha value is -1.91. The van der Waals surface area contributed by atoms with Crippen molar-refractivity contribution < 1.29 is 20.1 Å². The highest BCUT2D eigenvalue weighted by atomic mass is 16.4. The van der Waals surface area contributed by atoms with Gasteiger partial charge in [-0.25, -0.2) is 0 Å². The minimum Gasteiger partial charge on any atom is -0.504 e. The summed E-state index contributed by atoms with van der Waals surface area (Å²) in [5, 5.41) is 29.3. The SMILES string of the molecule is C.CC(Nc1ccc(O)c(O)c1)C(=O)O. The average molecular weight is 213 g/mol. The summed E-state index contributed by atoms with van der Waals surface area (Å²) >= 11 is 0. The fourth-order valence-corrected chi connectivity index (χ4v) is 0.925. The normalized spacial score (nSPS) is 11.3. The summed E-state index contributed by atoms with van der Waals surface area (Å²) in [6.45, 7) is 1.48. The molecule has 0 aromatic heterocycles. The van der Waals surface area contributed by atoms with E-state index in [1.54, 1.807) is 0 Å². The van der Waals surface area contributed by atoms with Crippen LogP contribution in [0.15, 0.2) is 18.2 Å². The van der Waals surface area contributed by atoms with Crippen molar-refractivity contribution in [3.63, 3.8) is 0 Å². The Morgan fingerprint density at radius 1 is 1.33 bits per heavy atom. The highest BCUT2D eigenvalue weighted by Gasteiger charge is 2.10. The summed E-state index contributed by atoms with van der Waals surface area (Å²) < 4.78 is 0. The van der Waals surface area contributed by atoms with Gasteiger partial charge in [-0.05, 0) is 19.1 Å². The topological polar surface area (TPSA) is 89.8 Å². The van der Waals surface area contributed by atoms with Crippen molar-refractivity contribution in [3.8, 4) is 11.5 Å². The average Bonchev–Trinajstić information content (AvgIpc) is 2.11. The number of carboxylic acids is 1. The third-order valence-electron chi connectivity index (χ3n) is 1.73. The first-order chi connectivity index (χ1) is 6.50. The Labute approximate surface area is 88.0 Å². The zero-order valence-corrected chi connectivity index (χ0v) is 7.56. The van der Waals surface area contributed by atoms with Crippen LogP contribution < -0.4 is 5.32 Å². The molecule has 0 saturated heterocycles. The molecule has 5 nitrogen and oxygen atoms in total. The van der Waals surface area contributed by atoms with Gasteiger partial charge < -0.3 is 20.6 Å². The van der Waals surface area contributed by atoms with Crippen molar-refractivity contribution in [1.82, 2.24) is 0 Å². The first kappa shape index (κ1) is 13.1. The summed E-state index contributed by atoms with van der Waals surface area (Å²) in [6, 6.07) is 3.27. The molecule has 0 aliphatic carbocycles. The molecular weight excluding hydrogens is 198 g/mol. The van der Waals surface area contributed by atoms with Gasteiger partial charge in [-0.1, -0.05) is 7.43 Å². The maximum absolute atomic E-state index is 10.5. The van der Waals surface area contributed by atoms with E-state index in [1.807, 2.05) is 0 Å². The van der Waals surface area contributed by atoms with Crippen molar-refractivity contribution in [2.24, 2.45) is 0 Å². The first-order valence-electron chi connectivity index (χ1n) is 4.02. The molecule has 0 radical (unpaired) electrons. The molecule has 5 heteroatoms. The smallest absolute Gasteiger partial charge is 0.325 e. The number of aromatic hydroxyl groups is 2. The number of anilines is 1. The Bertz CT molecular complexity index is 351. The van der Waals surface area contributed by atoms with E-state index >= 15 is 0 Å². The maximum atomic E-state index is 10.5. The van der Waals surface area contributed by atoms with E-state index in [4.69, 9.17) is 15.3 Å². The molecule has 15 heavy (non-hydrogen) atoms. The van der Waals surface area contributed by atoms with Crippen LogP contribution in [0, 0.1) is 0 Å². The lowest BCUT2D eigenvalue weighted by Gasteiger charge is -2.10. The molecule has 0 bridgehead atoms. The molecule has 0 aliphatic rings. The van der Waals surface area contributed by atoms with Crippen LogP contribution in [0.2, 0.25) is 0 Å². The molecular formula is C10H15NO4. The molecule has 1 atom stereocenters. The number of hydrogen-bond acceptors (Lipinski definition) is 4. The van der Waals surface area contributed by atoms with Crippen molar-refractivity contribution in [2.45, 2.75) is 20.4 Å². The number of rotatable bonds is 3. The molecule has 0 aliphatic heterocycles. The van der Waals surface area contributed by atoms with Crippen LogP contribution in [0.5, 0.6) is 11.5 Å². The van der Waals surface area contributed by atoms with Crippen LogP contribution in [-0.2, 0) is 4.79 Å². The molecule has 84 valence electrons. The molecule has 1 rings (SSSR count). The van der Waals surface area contributed by atoms with Crippen LogP contribution in [0.1, 0.15) is 14.4 Å². The van der Waals surface area contributed by atoms with E-state index in [2.05, 4.69) is 5.32 Å². The van der Waals surface area contributed by atoms with Gasteiger partial charge in [0.25, 0.3) is 0 Å². The van der Waals surface area contributed by atoms with Gasteiger partial charge in [0.15, 0.2) is 11.5 Å². The van der Waals surface area contributed by atoms with Crippen molar-refractivity contribution in [3.05, 3.63) is 18.2 Å². The predicted molar refractivity (Wildman–Crippen MR) is 57.2 cm³/mol. The molecule has 1 aromatic carbocycles. The first-order valence-corrected chi connectivity index (χ1v) is 4.02. The quantitative estimate of drug-likeness (QED) is 0.452. The Morgan fingerprint density at radius 3 is 2.40 bits per heavy atom. The number of carboxylic acid groups (broad SMARTS) is 1. The van der Waals surface area contributed by atoms with E-state index in [9.17, 15) is 4.79 Å².